The van der Waals surface area contributed by atoms with Crippen molar-refractivity contribution in [3.05, 3.63) is 5.82 Å². The van der Waals surface area contributed by atoms with Crippen LogP contribution >= 0.6 is 11.8 Å². The van der Waals surface area contributed by atoms with Gasteiger partial charge in [0.25, 0.3) is 0 Å². The topological polar surface area (TPSA) is 108 Å². The summed E-state index contributed by atoms with van der Waals surface area (Å²) in [4.78, 5) is 18.0. The number of carbonyl (C=O) groups excluding carboxylic acids is 1. The molecule has 2 rings (SSSR count). The van der Waals surface area contributed by atoms with Crippen molar-refractivity contribution in [3.63, 3.8) is 0 Å². The molecule has 2 heterocycles. The maximum Gasteiger partial charge on any atom is 0.320 e. The van der Waals surface area contributed by atoms with Gasteiger partial charge >= 0.3 is 5.97 Å². The van der Waals surface area contributed by atoms with Gasteiger partial charge in [0.1, 0.15) is 5.82 Å². The molecule has 0 amide bonds. The van der Waals surface area contributed by atoms with Crippen molar-refractivity contribution in [1.82, 2.24) is 20.1 Å². The second-order valence-electron chi connectivity index (χ2n) is 4.52. The first-order chi connectivity index (χ1) is 9.63. The van der Waals surface area contributed by atoms with Gasteiger partial charge in [-0.25, -0.2) is 4.98 Å². The third-order valence-electron chi connectivity index (χ3n) is 2.76. The van der Waals surface area contributed by atoms with E-state index in [9.17, 15) is 4.79 Å². The summed E-state index contributed by atoms with van der Waals surface area (Å²) in [6.45, 7) is 5.61. The summed E-state index contributed by atoms with van der Waals surface area (Å²) in [5.41, 5.74) is 3.86. The van der Waals surface area contributed by atoms with Gasteiger partial charge in [0.05, 0.1) is 25.5 Å². The van der Waals surface area contributed by atoms with E-state index in [0.717, 1.165) is 32.1 Å². The number of ether oxygens (including phenoxy) is 2. The summed E-state index contributed by atoms with van der Waals surface area (Å²) < 4.78 is 10.5. The van der Waals surface area contributed by atoms with E-state index in [4.69, 9.17) is 9.47 Å². The molecule has 1 atom stereocenters. The number of quaternary nitrogens is 1. The normalized spacial score (nSPS) is 17.9. The van der Waals surface area contributed by atoms with Crippen LogP contribution < -0.4 is 5.73 Å². The Morgan fingerprint density at radius 1 is 1.60 bits per heavy atom. The Balaban J connectivity index is 1.65. The van der Waals surface area contributed by atoms with Gasteiger partial charge < -0.3 is 15.2 Å². The van der Waals surface area contributed by atoms with Gasteiger partial charge in [-0.05, 0) is 6.92 Å². The molecule has 9 heteroatoms. The van der Waals surface area contributed by atoms with Gasteiger partial charge in [-0.1, -0.05) is 11.8 Å². The Kier molecular flexibility index (Phi) is 5.77. The lowest BCUT2D eigenvalue weighted by molar-refractivity contribution is -0.481. The van der Waals surface area contributed by atoms with Gasteiger partial charge in [-0.15, -0.1) is 5.10 Å². The zero-order valence-electron chi connectivity index (χ0n) is 11.5. The van der Waals surface area contributed by atoms with E-state index < -0.39 is 0 Å². The fourth-order valence-electron chi connectivity index (χ4n) is 1.84. The molecule has 0 saturated carbocycles. The number of aromatic amines is 1. The standard InChI is InChI=1S/C11H19N5O3S/c1-8-13-11(15-14-8)20-7-10(17)19-9(12)6-16-2-4-18-5-3-16/h9H,2-7,12H2,1H3,(H,13,14,15)/p+1. The number of nitrogens with zero attached hydrogens (tertiary/aromatic N) is 3. The predicted octanol–water partition coefficient (Wildman–Crippen LogP) is -1.35. The van der Waals surface area contributed by atoms with Gasteiger partial charge in [-0.3, -0.25) is 14.8 Å². The van der Waals surface area contributed by atoms with E-state index in [2.05, 4.69) is 25.8 Å². The van der Waals surface area contributed by atoms with E-state index in [1.807, 2.05) is 6.92 Å². The van der Waals surface area contributed by atoms with Crippen molar-refractivity contribution in [2.24, 2.45) is 0 Å². The average Bonchev–Trinajstić information content (AvgIpc) is 2.83. The lowest BCUT2D eigenvalue weighted by Crippen LogP contribution is -2.67. The van der Waals surface area contributed by atoms with Crippen molar-refractivity contribution in [2.75, 3.05) is 38.6 Å². The van der Waals surface area contributed by atoms with Crippen LogP contribution in [0.15, 0.2) is 5.16 Å². The first kappa shape index (κ1) is 15.2. The number of nitrogens with one attached hydrogen (secondary N) is 1. The Hall–Kier alpha value is -1.16. The Bertz CT molecular complexity index is 435. The molecular weight excluding hydrogens is 282 g/mol. The number of hydrogen-bond donors (Lipinski definition) is 2. The molecule has 1 unspecified atom stereocenters. The van der Waals surface area contributed by atoms with E-state index in [1.165, 1.54) is 11.8 Å². The van der Waals surface area contributed by atoms with Gasteiger partial charge in [0, 0.05) is 13.1 Å². The van der Waals surface area contributed by atoms with Crippen LogP contribution in [0.1, 0.15) is 5.82 Å². The molecule has 1 saturated heterocycles. The van der Waals surface area contributed by atoms with Crippen LogP contribution in [0.2, 0.25) is 0 Å². The molecule has 8 nitrogen and oxygen atoms in total. The van der Waals surface area contributed by atoms with E-state index in [0.29, 0.717) is 11.7 Å². The number of hydrogen-bond acceptors (Lipinski definition) is 7. The molecule has 0 bridgehead atoms. The highest BCUT2D eigenvalue weighted by atomic mass is 32.2. The van der Waals surface area contributed by atoms with E-state index in [1.54, 1.807) is 0 Å². The molecule has 0 aromatic carbocycles. The number of carbonyl (C=O) groups is 1. The van der Waals surface area contributed by atoms with Crippen molar-refractivity contribution < 1.29 is 20.0 Å². The van der Waals surface area contributed by atoms with Gasteiger partial charge in [0.15, 0.2) is 0 Å². The molecular formula is C11H20N5O3S+. The fraction of sp³-hybridized carbons (Fsp3) is 0.727. The Morgan fingerprint density at radius 3 is 3.00 bits per heavy atom. The maximum absolute atomic E-state index is 11.7. The number of morpholine rings is 1. The highest BCUT2D eigenvalue weighted by molar-refractivity contribution is 7.99. The zero-order valence-corrected chi connectivity index (χ0v) is 12.3. The van der Waals surface area contributed by atoms with Crippen molar-refractivity contribution >= 4 is 17.7 Å². The van der Waals surface area contributed by atoms with Crippen LogP contribution in [-0.2, 0) is 14.3 Å². The summed E-state index contributed by atoms with van der Waals surface area (Å²) in [5, 5.41) is 7.21. The molecule has 1 fully saturated rings. The summed E-state index contributed by atoms with van der Waals surface area (Å²) in [6.07, 6.45) is -0.366. The monoisotopic (exact) mass is 302 g/mol. The minimum absolute atomic E-state index is 0.187. The number of thioether (sulfide) groups is 1. The van der Waals surface area contributed by atoms with Crippen molar-refractivity contribution in [2.45, 2.75) is 18.3 Å². The Morgan fingerprint density at radius 2 is 2.35 bits per heavy atom. The second kappa shape index (κ2) is 7.58. The third kappa shape index (κ3) is 5.08. The highest BCUT2D eigenvalue weighted by Crippen LogP contribution is 2.12. The van der Waals surface area contributed by atoms with Crippen LogP contribution in [0.4, 0.5) is 0 Å². The number of aryl methyl sites for hydroxylation is 1. The predicted molar refractivity (Wildman–Crippen MR) is 71.9 cm³/mol. The summed E-state index contributed by atoms with van der Waals surface area (Å²) in [7, 11) is 0. The molecule has 1 aliphatic heterocycles. The van der Waals surface area contributed by atoms with Crippen LogP contribution in [0.5, 0.6) is 0 Å². The average molecular weight is 302 g/mol. The maximum atomic E-state index is 11.7. The quantitative estimate of drug-likeness (QED) is 0.380. The molecule has 1 aromatic rings. The summed E-state index contributed by atoms with van der Waals surface area (Å²) in [5.74, 6) is 0.612. The highest BCUT2D eigenvalue weighted by Gasteiger charge is 2.19. The molecule has 0 radical (unpaired) electrons. The lowest BCUT2D eigenvalue weighted by Gasteiger charge is -2.27. The molecule has 4 N–H and O–H groups in total. The van der Waals surface area contributed by atoms with Gasteiger partial charge in [0.2, 0.25) is 11.4 Å². The molecule has 1 aliphatic rings. The van der Waals surface area contributed by atoms with E-state index in [-0.39, 0.29) is 18.0 Å². The number of H-pyrrole nitrogens is 1. The van der Waals surface area contributed by atoms with E-state index >= 15 is 0 Å². The molecule has 20 heavy (non-hydrogen) atoms. The molecule has 1 aromatic heterocycles. The molecule has 112 valence electrons. The SMILES string of the molecule is Cc1nc(SCC(=O)OC([NH3+])CN2CCOCC2)n[nH]1. The first-order valence-corrected chi connectivity index (χ1v) is 7.46. The third-order valence-corrected chi connectivity index (χ3v) is 3.58. The van der Waals surface area contributed by atoms with Crippen LogP contribution in [0, 0.1) is 6.92 Å². The lowest BCUT2D eigenvalue weighted by atomic mass is 10.4. The van der Waals surface area contributed by atoms with Crippen LogP contribution in [0.25, 0.3) is 0 Å². The van der Waals surface area contributed by atoms with Crippen LogP contribution in [0.3, 0.4) is 0 Å². The number of aromatic nitrogens is 3. The minimum Gasteiger partial charge on any atom is -0.411 e. The Labute approximate surface area is 121 Å². The smallest absolute Gasteiger partial charge is 0.320 e. The van der Waals surface area contributed by atoms with Crippen LogP contribution in [-0.4, -0.2) is 70.9 Å². The summed E-state index contributed by atoms with van der Waals surface area (Å²) >= 11 is 1.25. The molecule has 0 spiro atoms. The minimum atomic E-state index is -0.366. The fourth-order valence-corrected chi connectivity index (χ4v) is 2.47. The largest absolute Gasteiger partial charge is 0.411 e. The second-order valence-corrected chi connectivity index (χ2v) is 5.46. The zero-order chi connectivity index (χ0) is 14.4. The number of esters is 1. The van der Waals surface area contributed by atoms with Crippen molar-refractivity contribution in [1.29, 1.82) is 0 Å². The number of rotatable bonds is 6. The first-order valence-electron chi connectivity index (χ1n) is 6.48. The van der Waals surface area contributed by atoms with Crippen molar-refractivity contribution in [3.8, 4) is 0 Å². The van der Waals surface area contributed by atoms with Gasteiger partial charge in [-0.2, -0.15) is 0 Å². The molecule has 0 aliphatic carbocycles. The summed E-state index contributed by atoms with van der Waals surface area (Å²) in [6, 6.07) is 0.